The average molecular weight is 293 g/mol. The zero-order valence-electron chi connectivity index (χ0n) is 13.9. The van der Waals surface area contributed by atoms with E-state index in [4.69, 9.17) is 14.2 Å². The largest absolute Gasteiger partial charge is 0.493 e. The number of hydrogen-bond donors (Lipinski definition) is 1. The molecule has 0 amide bonds. The van der Waals surface area contributed by atoms with Gasteiger partial charge in [0.2, 0.25) is 0 Å². The molecule has 1 aromatic rings. The second-order valence-electron chi connectivity index (χ2n) is 6.79. The van der Waals surface area contributed by atoms with Crippen LogP contribution in [0.4, 0.5) is 0 Å². The van der Waals surface area contributed by atoms with Gasteiger partial charge >= 0.3 is 0 Å². The van der Waals surface area contributed by atoms with Crippen molar-refractivity contribution in [3.63, 3.8) is 0 Å². The molecule has 118 valence electrons. The van der Waals surface area contributed by atoms with Crippen LogP contribution >= 0.6 is 0 Å². The Bertz CT molecular complexity index is 497. The van der Waals surface area contributed by atoms with E-state index in [1.807, 2.05) is 12.1 Å². The highest BCUT2D eigenvalue weighted by Crippen LogP contribution is 2.37. The first kappa shape index (κ1) is 16.1. The monoisotopic (exact) mass is 293 g/mol. The van der Waals surface area contributed by atoms with Crippen molar-refractivity contribution in [3.05, 3.63) is 23.8 Å². The topological polar surface area (TPSA) is 39.7 Å². The lowest BCUT2D eigenvalue weighted by molar-refractivity contribution is -0.0699. The molecule has 0 spiro atoms. The summed E-state index contributed by atoms with van der Waals surface area (Å²) in [5, 5.41) is 3.61. The quantitative estimate of drug-likeness (QED) is 0.905. The van der Waals surface area contributed by atoms with Crippen LogP contribution in [0.1, 0.15) is 39.7 Å². The molecule has 21 heavy (non-hydrogen) atoms. The Morgan fingerprint density at radius 3 is 2.33 bits per heavy atom. The number of rotatable bonds is 5. The maximum atomic E-state index is 6.11. The summed E-state index contributed by atoms with van der Waals surface area (Å²) in [4.78, 5) is 0. The molecule has 1 atom stereocenters. The van der Waals surface area contributed by atoms with Gasteiger partial charge in [0.15, 0.2) is 11.5 Å². The standard InChI is InChI=1S/C17H27NO3/c1-16(2)10-15(17(3,4)21-16)18-11-12-7-8-13(19-5)14(9-12)20-6/h7-9,15,18H,10-11H2,1-6H3. The van der Waals surface area contributed by atoms with Crippen LogP contribution in [0.5, 0.6) is 11.5 Å². The Kier molecular flexibility index (Phi) is 4.49. The minimum atomic E-state index is -0.153. The van der Waals surface area contributed by atoms with Crippen molar-refractivity contribution in [1.29, 1.82) is 0 Å². The molecule has 0 saturated carbocycles. The normalized spacial score (nSPS) is 23.0. The maximum absolute atomic E-state index is 6.11. The molecule has 4 heteroatoms. The van der Waals surface area contributed by atoms with Gasteiger partial charge in [-0.2, -0.15) is 0 Å². The number of methoxy groups -OCH3 is 2. The van der Waals surface area contributed by atoms with Crippen molar-refractivity contribution in [2.75, 3.05) is 14.2 Å². The van der Waals surface area contributed by atoms with Crippen LogP contribution in [-0.2, 0) is 11.3 Å². The Labute approximate surface area is 127 Å². The number of nitrogens with one attached hydrogen (secondary N) is 1. The maximum Gasteiger partial charge on any atom is 0.161 e. The van der Waals surface area contributed by atoms with E-state index in [-0.39, 0.29) is 11.2 Å². The van der Waals surface area contributed by atoms with Crippen molar-refractivity contribution in [2.24, 2.45) is 0 Å². The molecule has 2 rings (SSSR count). The molecule has 1 aliphatic rings. The van der Waals surface area contributed by atoms with E-state index in [1.54, 1.807) is 14.2 Å². The molecule has 4 nitrogen and oxygen atoms in total. The zero-order chi connectivity index (χ0) is 15.7. The summed E-state index contributed by atoms with van der Waals surface area (Å²) in [6, 6.07) is 6.35. The van der Waals surface area contributed by atoms with E-state index in [9.17, 15) is 0 Å². The van der Waals surface area contributed by atoms with Crippen molar-refractivity contribution >= 4 is 0 Å². The third-order valence-corrected chi connectivity index (χ3v) is 4.07. The fraction of sp³-hybridized carbons (Fsp3) is 0.647. The SMILES string of the molecule is COc1ccc(CNC2CC(C)(C)OC2(C)C)cc1OC. The molecule has 0 aromatic heterocycles. The molecule has 0 aliphatic carbocycles. The van der Waals surface area contributed by atoms with E-state index in [2.05, 4.69) is 39.1 Å². The molecule has 1 heterocycles. The Balaban J connectivity index is 2.03. The molecule has 1 aromatic carbocycles. The molecule has 0 bridgehead atoms. The second-order valence-corrected chi connectivity index (χ2v) is 6.79. The lowest BCUT2D eigenvalue weighted by Gasteiger charge is -2.28. The summed E-state index contributed by atoms with van der Waals surface area (Å²) < 4.78 is 16.7. The van der Waals surface area contributed by atoms with E-state index >= 15 is 0 Å². The lowest BCUT2D eigenvalue weighted by atomic mass is 9.94. The van der Waals surface area contributed by atoms with Crippen LogP contribution in [-0.4, -0.2) is 31.5 Å². The summed E-state index contributed by atoms with van der Waals surface area (Å²) in [5.74, 6) is 1.52. The van der Waals surface area contributed by atoms with Crippen molar-refractivity contribution in [1.82, 2.24) is 5.32 Å². The molecule has 1 unspecified atom stereocenters. The smallest absolute Gasteiger partial charge is 0.161 e. The predicted octanol–water partition coefficient (Wildman–Crippen LogP) is 3.14. The van der Waals surface area contributed by atoms with Gasteiger partial charge in [0.25, 0.3) is 0 Å². The molecular weight excluding hydrogens is 266 g/mol. The third-order valence-electron chi connectivity index (χ3n) is 4.07. The highest BCUT2D eigenvalue weighted by Gasteiger charge is 2.45. The van der Waals surface area contributed by atoms with Crippen LogP contribution in [0.15, 0.2) is 18.2 Å². The molecule has 1 fully saturated rings. The van der Waals surface area contributed by atoms with Crippen LogP contribution in [0.25, 0.3) is 0 Å². The van der Waals surface area contributed by atoms with E-state index < -0.39 is 0 Å². The summed E-state index contributed by atoms with van der Waals surface area (Å²) >= 11 is 0. The van der Waals surface area contributed by atoms with Gasteiger partial charge in [-0.05, 0) is 51.8 Å². The summed E-state index contributed by atoms with van der Waals surface area (Å²) in [6.45, 7) is 9.37. The Morgan fingerprint density at radius 1 is 1.14 bits per heavy atom. The molecular formula is C17H27NO3. The minimum Gasteiger partial charge on any atom is -0.493 e. The number of benzene rings is 1. The predicted molar refractivity (Wildman–Crippen MR) is 84.0 cm³/mol. The van der Waals surface area contributed by atoms with E-state index in [1.165, 1.54) is 5.56 Å². The summed E-state index contributed by atoms with van der Waals surface area (Å²) in [5.41, 5.74) is 0.951. The number of ether oxygens (including phenoxy) is 3. The van der Waals surface area contributed by atoms with E-state index in [0.29, 0.717) is 6.04 Å². The van der Waals surface area contributed by atoms with Crippen LogP contribution in [0.3, 0.4) is 0 Å². The zero-order valence-corrected chi connectivity index (χ0v) is 13.9. The lowest BCUT2D eigenvalue weighted by Crippen LogP contribution is -2.42. The second kappa shape index (κ2) is 5.85. The van der Waals surface area contributed by atoms with Gasteiger partial charge in [0.05, 0.1) is 25.4 Å². The van der Waals surface area contributed by atoms with Gasteiger partial charge in [-0.3, -0.25) is 0 Å². The summed E-state index contributed by atoms with van der Waals surface area (Å²) in [6.07, 6.45) is 1.01. The fourth-order valence-corrected chi connectivity index (χ4v) is 3.11. The molecule has 1 aliphatic heterocycles. The van der Waals surface area contributed by atoms with Crippen LogP contribution in [0, 0.1) is 0 Å². The molecule has 1 N–H and O–H groups in total. The highest BCUT2D eigenvalue weighted by atomic mass is 16.5. The van der Waals surface area contributed by atoms with Gasteiger partial charge in [-0.1, -0.05) is 6.07 Å². The van der Waals surface area contributed by atoms with Gasteiger partial charge < -0.3 is 19.5 Å². The third kappa shape index (κ3) is 3.69. The minimum absolute atomic E-state index is 0.0707. The Hall–Kier alpha value is -1.26. The highest BCUT2D eigenvalue weighted by molar-refractivity contribution is 5.42. The molecule has 1 saturated heterocycles. The first-order valence-corrected chi connectivity index (χ1v) is 7.42. The van der Waals surface area contributed by atoms with Gasteiger partial charge in [-0.15, -0.1) is 0 Å². The number of hydrogen-bond acceptors (Lipinski definition) is 4. The van der Waals surface area contributed by atoms with Crippen LogP contribution < -0.4 is 14.8 Å². The Morgan fingerprint density at radius 2 is 1.81 bits per heavy atom. The summed E-state index contributed by atoms with van der Waals surface area (Å²) in [7, 11) is 3.31. The van der Waals surface area contributed by atoms with Gasteiger partial charge in [0, 0.05) is 12.6 Å². The van der Waals surface area contributed by atoms with Gasteiger partial charge in [-0.25, -0.2) is 0 Å². The van der Waals surface area contributed by atoms with Crippen molar-refractivity contribution in [2.45, 2.75) is 57.9 Å². The average Bonchev–Trinajstić information content (AvgIpc) is 2.63. The van der Waals surface area contributed by atoms with E-state index in [0.717, 1.165) is 24.5 Å². The first-order valence-electron chi connectivity index (χ1n) is 7.42. The van der Waals surface area contributed by atoms with Gasteiger partial charge in [0.1, 0.15) is 0 Å². The fourth-order valence-electron chi connectivity index (χ4n) is 3.11. The van der Waals surface area contributed by atoms with Crippen LogP contribution in [0.2, 0.25) is 0 Å². The van der Waals surface area contributed by atoms with Crippen molar-refractivity contribution in [3.8, 4) is 11.5 Å². The first-order chi connectivity index (χ1) is 9.77. The van der Waals surface area contributed by atoms with Crippen molar-refractivity contribution < 1.29 is 14.2 Å². The molecule has 0 radical (unpaired) electrons.